The van der Waals surface area contributed by atoms with Gasteiger partial charge in [-0.2, -0.15) is 0 Å². The van der Waals surface area contributed by atoms with Gasteiger partial charge in [0, 0.05) is 177 Å². The van der Waals surface area contributed by atoms with Crippen LogP contribution in [0.3, 0.4) is 0 Å². The molecule has 568 valence electrons. The monoisotopic (exact) mass is 1490 g/mol. The number of halogens is 2. The van der Waals surface area contributed by atoms with E-state index in [9.17, 15) is 42.3 Å². The molecular weight excluding hydrogens is 1410 g/mol. The van der Waals surface area contributed by atoms with Gasteiger partial charge in [0.15, 0.2) is 34.8 Å². The molecule has 0 radical (unpaired) electrons. The average molecular weight is 1490 g/mol. The van der Waals surface area contributed by atoms with Gasteiger partial charge in [-0.1, -0.05) is 6.07 Å². The molecule has 0 aliphatic heterocycles. The number of allylic oxidation sites excluding steroid dienone is 2. The lowest BCUT2D eigenvalue weighted by Gasteiger charge is -2.11. The van der Waals surface area contributed by atoms with E-state index in [1.54, 1.807) is 73.2 Å². The van der Waals surface area contributed by atoms with Crippen LogP contribution >= 0.6 is 0 Å². The van der Waals surface area contributed by atoms with E-state index in [2.05, 4.69) is 70.1 Å². The summed E-state index contributed by atoms with van der Waals surface area (Å²) in [6, 6.07) is 10.8. The normalized spacial score (nSPS) is 15.4. The van der Waals surface area contributed by atoms with Gasteiger partial charge in [-0.25, -0.2) is 73.6 Å². The van der Waals surface area contributed by atoms with Crippen molar-refractivity contribution in [2.75, 3.05) is 59.1 Å². The number of aromatic nitrogens is 14. The standard InChI is InChI=1S/C23H16F2N6O.C16H14N6.C15H21N5O.C10H15NO2.C9H11N3O.C7H10O2/c24-16-6-2-7-17(25)19(16)22(32)31-23-28-12-15-18(29-23)8-1-4-13-11-27-21(30-20(13)15)14-5-3-9-26-10-14;17-16-20-9-12-13(21-16)5-1-3-10-8-19-15(22-14(10)12)11-4-2-6-18-7-11;1-19(2)9-11-6-5-7-13-12(14(11)21)8-16-15(18-13)17-10-20(3)4;1-11(2)7-8-9(12)5-3-4-6-10(8)13;10-9-11-5-6-7(12-9)3-1-2-4-8(6)13;8-6-3-1-2-4-7(9)5-6/h2-3,5-7,9-12H,1,4,8H2,(H,28,29,31,32);2,4,6-9H,1,3,5H2,(H2,17,20,21);8-10H,5-7H2,1-4H3;7H,3-6H2,1-2H3;5H,1-4H2,(H2,10,11,12);1-5H2/b;;11-9-,17-10?;;;. The van der Waals surface area contributed by atoms with Crippen LogP contribution in [0.25, 0.3) is 45.3 Å². The topological polar surface area (TPSA) is 386 Å². The highest BCUT2D eigenvalue weighted by Crippen LogP contribution is 2.34. The molecule has 15 rings (SSSR count). The van der Waals surface area contributed by atoms with E-state index in [0.29, 0.717) is 84.5 Å². The molecule has 0 unspecified atom stereocenters. The molecule has 1 aromatic carbocycles. The van der Waals surface area contributed by atoms with Crippen molar-refractivity contribution in [2.24, 2.45) is 4.99 Å². The van der Waals surface area contributed by atoms with Gasteiger partial charge in [0.25, 0.3) is 11.9 Å². The Morgan fingerprint density at radius 2 is 0.927 bits per heavy atom. The number of carbonyl (C=O) groups is 7. The number of rotatable bonds is 8. The molecule has 0 bridgehead atoms. The van der Waals surface area contributed by atoms with Crippen molar-refractivity contribution in [3.8, 4) is 45.3 Å². The predicted octanol–water partition coefficient (Wildman–Crippen LogP) is 10.9. The molecule has 5 N–H and O–H groups in total. The number of pyridine rings is 2. The summed E-state index contributed by atoms with van der Waals surface area (Å²) < 4.78 is 27.8. The largest absolute Gasteiger partial charge is 0.383 e. The number of amides is 1. The lowest BCUT2D eigenvalue weighted by molar-refractivity contribution is -0.126. The van der Waals surface area contributed by atoms with Gasteiger partial charge >= 0.3 is 0 Å². The van der Waals surface area contributed by atoms with Crippen molar-refractivity contribution in [1.82, 2.24) is 84.5 Å². The third-order valence-electron chi connectivity index (χ3n) is 17.9. The molecule has 6 aliphatic carbocycles. The Labute approximate surface area is 635 Å². The Balaban J connectivity index is 0.000000147. The second-order valence-electron chi connectivity index (χ2n) is 27.3. The Bertz CT molecular complexity index is 4890. The second-order valence-corrected chi connectivity index (χ2v) is 27.3. The number of nitrogens with two attached hydrogens (primary N) is 2. The first kappa shape index (κ1) is 80.0. The minimum absolute atomic E-state index is 0.00352. The fourth-order valence-corrected chi connectivity index (χ4v) is 12.6. The smallest absolute Gasteiger partial charge is 0.263 e. The molecule has 2 saturated carbocycles. The highest BCUT2D eigenvalue weighted by Gasteiger charge is 2.27. The highest BCUT2D eigenvalue weighted by molar-refractivity contribution is 6.20. The summed E-state index contributed by atoms with van der Waals surface area (Å²) in [5.41, 5.74) is 23.3. The average Bonchev–Trinajstić information content (AvgIpc) is 1.47. The Morgan fingerprint density at radius 3 is 1.46 bits per heavy atom. The zero-order chi connectivity index (χ0) is 78.2. The number of ketones is 6. The van der Waals surface area contributed by atoms with Crippen LogP contribution in [0.1, 0.15) is 168 Å². The number of anilines is 3. The fourth-order valence-electron chi connectivity index (χ4n) is 12.6. The molecule has 1 amide bonds. The number of nitrogen functional groups attached to an aromatic ring is 2. The first-order valence-corrected chi connectivity index (χ1v) is 36.4. The van der Waals surface area contributed by atoms with Crippen LogP contribution in [0, 0.1) is 11.6 Å². The third kappa shape index (κ3) is 22.3. The van der Waals surface area contributed by atoms with Crippen LogP contribution in [-0.4, -0.2) is 174 Å². The van der Waals surface area contributed by atoms with Crippen molar-refractivity contribution in [2.45, 2.75) is 141 Å². The molecule has 0 saturated heterocycles. The van der Waals surface area contributed by atoms with E-state index in [1.165, 1.54) is 6.07 Å². The lowest BCUT2D eigenvalue weighted by Crippen LogP contribution is -2.18. The van der Waals surface area contributed by atoms with Crippen molar-refractivity contribution in [3.05, 3.63) is 190 Å². The first-order valence-electron chi connectivity index (χ1n) is 36.4. The van der Waals surface area contributed by atoms with E-state index >= 15 is 0 Å². The number of Topliss-reactive ketones (excluding diaryl/α,β-unsaturated/α-hetero) is 6. The number of fused-ring (bicyclic) bond motifs is 8. The van der Waals surface area contributed by atoms with E-state index < -0.39 is 23.1 Å². The zero-order valence-electron chi connectivity index (χ0n) is 62.4. The van der Waals surface area contributed by atoms with E-state index in [1.807, 2.05) is 88.7 Å². The molecule has 9 aromatic rings. The minimum atomic E-state index is -0.953. The van der Waals surface area contributed by atoms with Crippen LogP contribution in [0.2, 0.25) is 0 Å². The van der Waals surface area contributed by atoms with Gasteiger partial charge in [0.05, 0.1) is 63.6 Å². The maximum Gasteiger partial charge on any atom is 0.263 e. The number of aliphatic imine (C=N–C) groups is 1. The van der Waals surface area contributed by atoms with Crippen LogP contribution in [0.5, 0.6) is 0 Å². The van der Waals surface area contributed by atoms with Crippen molar-refractivity contribution in [3.63, 3.8) is 0 Å². The molecular formula is C80H87F2N21O7. The minimum Gasteiger partial charge on any atom is -0.383 e. The van der Waals surface area contributed by atoms with Crippen molar-refractivity contribution < 1.29 is 42.3 Å². The summed E-state index contributed by atoms with van der Waals surface area (Å²) in [4.78, 5) is 151. The molecule has 28 nitrogen and oxygen atoms in total. The molecule has 8 heterocycles. The number of hydrogen-bond acceptors (Lipinski definition) is 26. The molecule has 110 heavy (non-hydrogen) atoms. The van der Waals surface area contributed by atoms with Crippen LogP contribution in [0.15, 0.2) is 133 Å². The van der Waals surface area contributed by atoms with E-state index in [0.717, 1.165) is 176 Å². The summed E-state index contributed by atoms with van der Waals surface area (Å²) in [6.07, 6.45) is 39.1. The van der Waals surface area contributed by atoms with Crippen molar-refractivity contribution in [1.29, 1.82) is 0 Å². The summed E-state index contributed by atoms with van der Waals surface area (Å²) >= 11 is 0. The highest BCUT2D eigenvalue weighted by atomic mass is 19.1. The first-order chi connectivity index (χ1) is 53.0. The zero-order valence-corrected chi connectivity index (χ0v) is 62.4. The number of benzene rings is 1. The molecule has 2 fully saturated rings. The SMILES string of the molecule is CN(C)C=C1C(=O)CCCCC1=O.CN(C)C=Nc1ncc2c(n1)CCC/C(=C/N(C)C)C2=O.Nc1ncc2c(n1)CCCCC2=O.Nc1ncc2c(n1)CCCc1cnc(-c3cccnc3)nc1-2.O=C(Nc1ncc2c(n1)CCCc1cnc(-c3cccnc3)nc1-2)c1c(F)cccc1F.O=C1CCCCC(=O)C1. The Hall–Kier alpha value is -12.5. The molecule has 0 spiro atoms. The van der Waals surface area contributed by atoms with Gasteiger partial charge in [0.1, 0.15) is 28.8 Å². The Morgan fingerprint density at radius 1 is 0.455 bits per heavy atom. The second kappa shape index (κ2) is 38.9. The number of carbonyl (C=O) groups excluding carboxylic acids is 7. The van der Waals surface area contributed by atoms with E-state index in [-0.39, 0.29) is 53.0 Å². The number of nitrogens with zero attached hydrogens (tertiary/aromatic N) is 18. The fraction of sp³-hybridized carbons (Fsp3) is 0.350. The van der Waals surface area contributed by atoms with Gasteiger partial charge in [-0.3, -0.25) is 48.8 Å². The number of nitrogens with one attached hydrogen (secondary N) is 1. The van der Waals surface area contributed by atoms with Gasteiger partial charge in [0.2, 0.25) is 17.8 Å². The molecule has 0 atom stereocenters. The lowest BCUT2D eigenvalue weighted by atomic mass is 10.1. The van der Waals surface area contributed by atoms with Crippen molar-refractivity contribution >= 4 is 70.7 Å². The molecule has 6 aliphatic rings. The summed E-state index contributed by atoms with van der Waals surface area (Å²) in [7, 11) is 11.2. The maximum absolute atomic E-state index is 13.9. The van der Waals surface area contributed by atoms with Crippen LogP contribution < -0.4 is 16.8 Å². The van der Waals surface area contributed by atoms with Gasteiger partial charge < -0.3 is 26.2 Å². The maximum atomic E-state index is 13.9. The van der Waals surface area contributed by atoms with Gasteiger partial charge in [-0.05, 0) is 150 Å². The molecule has 30 heteroatoms. The van der Waals surface area contributed by atoms with Gasteiger partial charge in [-0.15, -0.1) is 0 Å². The Kier molecular flexibility index (Phi) is 28.3. The van der Waals surface area contributed by atoms with Crippen LogP contribution in [-0.2, 0) is 57.7 Å². The quantitative estimate of drug-likeness (QED) is 0.0242. The summed E-state index contributed by atoms with van der Waals surface area (Å²) in [5, 5.41) is 2.39. The number of aryl methyl sites for hydroxylation is 6. The summed E-state index contributed by atoms with van der Waals surface area (Å²) in [6.45, 7) is 0. The van der Waals surface area contributed by atoms with Crippen LogP contribution in [0.4, 0.5) is 32.6 Å². The third-order valence-corrected chi connectivity index (χ3v) is 17.9. The number of hydrogen-bond donors (Lipinski definition) is 3. The molecule has 8 aromatic heterocycles. The van der Waals surface area contributed by atoms with E-state index in [4.69, 9.17) is 21.4 Å². The summed E-state index contributed by atoms with van der Waals surface area (Å²) in [5.74, 6) is -0.302. The predicted molar refractivity (Wildman–Crippen MR) is 410 cm³/mol.